The molecule has 0 bridgehead atoms. The van der Waals surface area contributed by atoms with E-state index in [2.05, 4.69) is 43.6 Å². The van der Waals surface area contributed by atoms with Crippen LogP contribution in [0.5, 0.6) is 0 Å². The molecule has 0 fully saturated rings. The fourth-order valence-corrected chi connectivity index (χ4v) is 2.88. The first-order chi connectivity index (χ1) is 16.5. The molecule has 36 heavy (non-hydrogen) atoms. The average Bonchev–Trinajstić information content (AvgIpc) is 3.01. The Morgan fingerprint density at radius 1 is 1.00 bits per heavy atom. The molecule has 2 aromatic rings. The summed E-state index contributed by atoms with van der Waals surface area (Å²) in [6, 6.07) is 0.380. The van der Waals surface area contributed by atoms with Crippen LogP contribution >= 0.6 is 0 Å². The van der Waals surface area contributed by atoms with Crippen molar-refractivity contribution in [3.63, 3.8) is 0 Å². The molecule has 0 aromatic carbocycles. The van der Waals surface area contributed by atoms with Gasteiger partial charge in [0.05, 0.1) is 12.2 Å². The number of halogens is 6. The molecule has 0 saturated heterocycles. The Labute approximate surface area is 202 Å². The van der Waals surface area contributed by atoms with Gasteiger partial charge in [0, 0.05) is 50.6 Å². The van der Waals surface area contributed by atoms with Crippen molar-refractivity contribution in [2.75, 3.05) is 18.4 Å². The first-order valence-corrected chi connectivity index (χ1v) is 10.4. The molecule has 10 nitrogen and oxygen atoms in total. The molecule has 3 heterocycles. The van der Waals surface area contributed by atoms with Gasteiger partial charge >= 0.3 is 24.3 Å². The highest BCUT2D eigenvalue weighted by atomic mass is 19.4. The summed E-state index contributed by atoms with van der Waals surface area (Å²) >= 11 is 0. The summed E-state index contributed by atoms with van der Waals surface area (Å²) in [5.74, 6) is -3.41. The zero-order valence-electron chi connectivity index (χ0n) is 19.6. The second-order valence-corrected chi connectivity index (χ2v) is 7.78. The van der Waals surface area contributed by atoms with Crippen molar-refractivity contribution in [3.05, 3.63) is 35.8 Å². The van der Waals surface area contributed by atoms with Gasteiger partial charge in [0.1, 0.15) is 18.0 Å². The molecule has 0 radical (unpaired) electrons. The molecule has 0 atom stereocenters. The second kappa shape index (κ2) is 13.0. The van der Waals surface area contributed by atoms with E-state index < -0.39 is 24.3 Å². The number of alkyl halides is 6. The highest BCUT2D eigenvalue weighted by Crippen LogP contribution is 2.21. The van der Waals surface area contributed by atoms with Crippen LogP contribution in [-0.2, 0) is 36.0 Å². The maximum atomic E-state index is 10.6. The topological polar surface area (TPSA) is 133 Å². The highest BCUT2D eigenvalue weighted by Gasteiger charge is 2.38. The van der Waals surface area contributed by atoms with Gasteiger partial charge in [-0.3, -0.25) is 4.90 Å². The second-order valence-electron chi connectivity index (χ2n) is 7.78. The van der Waals surface area contributed by atoms with Crippen molar-refractivity contribution in [1.82, 2.24) is 24.4 Å². The minimum atomic E-state index is -5.08. The van der Waals surface area contributed by atoms with E-state index in [1.54, 1.807) is 6.33 Å². The number of imidazole rings is 1. The molecular formula is C20H26F6N6O4. The van der Waals surface area contributed by atoms with E-state index in [1.165, 1.54) is 11.3 Å². The zero-order valence-corrected chi connectivity index (χ0v) is 19.6. The van der Waals surface area contributed by atoms with Gasteiger partial charge in [0.15, 0.2) is 0 Å². The van der Waals surface area contributed by atoms with Gasteiger partial charge in [-0.15, -0.1) is 0 Å². The van der Waals surface area contributed by atoms with Crippen LogP contribution in [0.4, 0.5) is 32.2 Å². The van der Waals surface area contributed by atoms with E-state index in [1.807, 2.05) is 19.4 Å². The number of carbonyl (C=O) groups is 2. The number of aromatic nitrogens is 4. The number of hydrogen-bond acceptors (Lipinski definition) is 7. The van der Waals surface area contributed by atoms with Crippen molar-refractivity contribution < 1.29 is 46.1 Å². The Hall–Kier alpha value is -3.43. The van der Waals surface area contributed by atoms with Crippen LogP contribution in [0.15, 0.2) is 18.7 Å². The third-order valence-electron chi connectivity index (χ3n) is 4.57. The minimum absolute atomic E-state index is 0.380. The Morgan fingerprint density at radius 2 is 1.53 bits per heavy atom. The number of nitrogens with one attached hydrogen (secondary N) is 1. The number of hydrogen-bond donors (Lipinski definition) is 3. The summed E-state index contributed by atoms with van der Waals surface area (Å²) in [7, 11) is 2.05. The predicted molar refractivity (Wildman–Crippen MR) is 114 cm³/mol. The lowest BCUT2D eigenvalue weighted by Gasteiger charge is -2.19. The van der Waals surface area contributed by atoms with Crippen molar-refractivity contribution in [2.45, 2.75) is 51.6 Å². The summed E-state index contributed by atoms with van der Waals surface area (Å²) in [6.45, 7) is 7.19. The molecule has 3 N–H and O–H groups in total. The summed E-state index contributed by atoms with van der Waals surface area (Å²) < 4.78 is 65.6. The molecule has 0 saturated carbocycles. The lowest BCUT2D eigenvalue weighted by Crippen LogP contribution is -2.27. The highest BCUT2D eigenvalue weighted by molar-refractivity contribution is 5.73. The van der Waals surface area contributed by atoms with Gasteiger partial charge in [0.25, 0.3) is 0 Å². The summed E-state index contributed by atoms with van der Waals surface area (Å²) in [6.07, 6.45) is -2.68. The number of fused-ring (bicyclic) bond motifs is 1. The Balaban J connectivity index is 0.000000383. The molecular weight excluding hydrogens is 502 g/mol. The Morgan fingerprint density at radius 3 is 1.97 bits per heavy atom. The van der Waals surface area contributed by atoms with Gasteiger partial charge in [-0.05, 0) is 20.3 Å². The standard InChI is InChI=1S/C16H24N6.2C2HF3O2/c1-12(2)20-16-13-4-7-22(8-5-14(13)18-11-19-16)10-15-17-6-9-21(15)3;2*3-2(4,5)1(6)7/h6,9,11-12H,4-5,7-8,10H2,1-3H3,(H,18,19,20);2*(H,6,7). The van der Waals surface area contributed by atoms with Gasteiger partial charge < -0.3 is 20.1 Å². The molecule has 0 amide bonds. The Kier molecular flexibility index (Phi) is 11.1. The molecule has 202 valence electrons. The number of anilines is 1. The summed E-state index contributed by atoms with van der Waals surface area (Å²) in [5, 5.41) is 17.7. The number of carboxylic acid groups (broad SMARTS) is 2. The van der Waals surface area contributed by atoms with E-state index in [9.17, 15) is 26.3 Å². The number of carboxylic acids is 2. The molecule has 1 aliphatic heterocycles. The third kappa shape index (κ3) is 10.5. The predicted octanol–water partition coefficient (Wildman–Crippen LogP) is 2.90. The van der Waals surface area contributed by atoms with Gasteiger partial charge in [0.2, 0.25) is 0 Å². The molecule has 0 spiro atoms. The number of nitrogens with zero attached hydrogens (tertiary/aromatic N) is 5. The number of aryl methyl sites for hydroxylation is 1. The van der Waals surface area contributed by atoms with Crippen molar-refractivity contribution in [2.24, 2.45) is 7.05 Å². The normalized spacial score (nSPS) is 13.9. The van der Waals surface area contributed by atoms with Crippen molar-refractivity contribution in [1.29, 1.82) is 0 Å². The fraction of sp³-hybridized carbons (Fsp3) is 0.550. The van der Waals surface area contributed by atoms with Crippen LogP contribution < -0.4 is 5.32 Å². The van der Waals surface area contributed by atoms with E-state index in [0.29, 0.717) is 6.04 Å². The lowest BCUT2D eigenvalue weighted by molar-refractivity contribution is -0.193. The zero-order chi connectivity index (χ0) is 27.7. The fourth-order valence-electron chi connectivity index (χ4n) is 2.88. The largest absolute Gasteiger partial charge is 0.490 e. The summed E-state index contributed by atoms with van der Waals surface area (Å²) in [5.41, 5.74) is 2.46. The van der Waals surface area contributed by atoms with E-state index in [0.717, 1.165) is 44.1 Å². The van der Waals surface area contributed by atoms with Gasteiger partial charge in [-0.2, -0.15) is 26.3 Å². The monoisotopic (exact) mass is 528 g/mol. The SMILES string of the molecule is CC(C)Nc1ncnc2c1CCN(Cc1nccn1C)CC2.O=C(O)C(F)(F)F.O=C(O)C(F)(F)F. The van der Waals surface area contributed by atoms with Crippen LogP contribution in [0.2, 0.25) is 0 Å². The maximum Gasteiger partial charge on any atom is 0.490 e. The van der Waals surface area contributed by atoms with Crippen LogP contribution in [-0.4, -0.2) is 78.1 Å². The minimum Gasteiger partial charge on any atom is -0.475 e. The number of aliphatic carboxylic acids is 2. The molecule has 3 rings (SSSR count). The smallest absolute Gasteiger partial charge is 0.475 e. The van der Waals surface area contributed by atoms with E-state index in [-0.39, 0.29) is 0 Å². The van der Waals surface area contributed by atoms with Crippen LogP contribution in [0.25, 0.3) is 0 Å². The first-order valence-electron chi connectivity index (χ1n) is 10.4. The van der Waals surface area contributed by atoms with Gasteiger partial charge in [-0.1, -0.05) is 0 Å². The molecule has 1 aliphatic rings. The summed E-state index contributed by atoms with van der Waals surface area (Å²) in [4.78, 5) is 33.6. The van der Waals surface area contributed by atoms with Gasteiger partial charge in [-0.25, -0.2) is 24.5 Å². The molecule has 0 aliphatic carbocycles. The number of rotatable bonds is 4. The van der Waals surface area contributed by atoms with E-state index in [4.69, 9.17) is 19.8 Å². The third-order valence-corrected chi connectivity index (χ3v) is 4.57. The van der Waals surface area contributed by atoms with Crippen LogP contribution in [0.3, 0.4) is 0 Å². The van der Waals surface area contributed by atoms with Crippen LogP contribution in [0.1, 0.15) is 30.9 Å². The van der Waals surface area contributed by atoms with E-state index >= 15 is 0 Å². The maximum absolute atomic E-state index is 10.6. The molecule has 2 aromatic heterocycles. The molecule has 16 heteroatoms. The van der Waals surface area contributed by atoms with Crippen molar-refractivity contribution in [3.8, 4) is 0 Å². The quantitative estimate of drug-likeness (QED) is 0.512. The average molecular weight is 528 g/mol. The van der Waals surface area contributed by atoms with Crippen molar-refractivity contribution >= 4 is 17.8 Å². The Bertz CT molecular complexity index is 985. The lowest BCUT2D eigenvalue weighted by atomic mass is 10.1. The molecule has 0 unspecified atom stereocenters. The van der Waals surface area contributed by atoms with Crippen LogP contribution in [0, 0.1) is 0 Å². The first kappa shape index (κ1) is 30.6.